The topological polar surface area (TPSA) is 113 Å². The van der Waals surface area contributed by atoms with Crippen molar-refractivity contribution in [1.29, 1.82) is 0 Å². The lowest BCUT2D eigenvalue weighted by Gasteiger charge is -2.34. The summed E-state index contributed by atoms with van der Waals surface area (Å²) in [4.78, 5) is 25.0. The highest BCUT2D eigenvalue weighted by molar-refractivity contribution is 7.99. The Balaban J connectivity index is 4.63. The quantitative estimate of drug-likeness (QED) is 0.364. The van der Waals surface area contributed by atoms with Gasteiger partial charge in [0, 0.05) is 11.5 Å². The Morgan fingerprint density at radius 3 is 2.00 bits per heavy atom. The monoisotopic (exact) mass is 422 g/mol. The number of hydrogen-bond donors (Lipinski definition) is 3. The molecule has 3 atom stereocenters. The number of aliphatic hydroxyl groups excluding tert-OH is 3. The van der Waals surface area contributed by atoms with Crippen LogP contribution in [-0.2, 0) is 19.1 Å². The van der Waals surface area contributed by atoms with Crippen LogP contribution >= 0.6 is 11.8 Å². The van der Waals surface area contributed by atoms with Gasteiger partial charge in [-0.3, -0.25) is 9.59 Å². The average Bonchev–Trinajstić information content (AvgIpc) is 2.63. The first-order valence-electron chi connectivity index (χ1n) is 9.77. The third kappa shape index (κ3) is 10.1. The van der Waals surface area contributed by atoms with Crippen LogP contribution in [0.1, 0.15) is 54.4 Å². The Labute approximate surface area is 173 Å². The van der Waals surface area contributed by atoms with E-state index < -0.39 is 29.0 Å². The van der Waals surface area contributed by atoms with Crippen molar-refractivity contribution in [1.82, 2.24) is 0 Å². The number of esters is 2. The summed E-state index contributed by atoms with van der Waals surface area (Å²) in [6, 6.07) is 0. The first-order valence-corrected chi connectivity index (χ1v) is 10.9. The van der Waals surface area contributed by atoms with Crippen molar-refractivity contribution in [3.05, 3.63) is 0 Å². The molecule has 0 saturated heterocycles. The fourth-order valence-electron chi connectivity index (χ4n) is 2.61. The lowest BCUT2D eigenvalue weighted by Crippen LogP contribution is -2.39. The molecule has 0 radical (unpaired) electrons. The van der Waals surface area contributed by atoms with E-state index in [2.05, 4.69) is 0 Å². The molecule has 28 heavy (non-hydrogen) atoms. The minimum Gasteiger partial charge on any atom is -0.465 e. The van der Waals surface area contributed by atoms with E-state index in [4.69, 9.17) is 14.6 Å². The summed E-state index contributed by atoms with van der Waals surface area (Å²) >= 11 is 1.27. The molecule has 0 aromatic heterocycles. The van der Waals surface area contributed by atoms with Crippen LogP contribution in [0.25, 0.3) is 0 Å². The number of rotatable bonds is 14. The van der Waals surface area contributed by atoms with E-state index in [0.29, 0.717) is 18.8 Å². The van der Waals surface area contributed by atoms with Gasteiger partial charge in [0.15, 0.2) is 0 Å². The van der Waals surface area contributed by atoms with Crippen molar-refractivity contribution in [3.63, 3.8) is 0 Å². The van der Waals surface area contributed by atoms with Crippen LogP contribution in [0.3, 0.4) is 0 Å². The Hall–Kier alpha value is -0.830. The van der Waals surface area contributed by atoms with Gasteiger partial charge in [-0.1, -0.05) is 20.8 Å². The summed E-state index contributed by atoms with van der Waals surface area (Å²) in [6.07, 6.45) is -0.891. The van der Waals surface area contributed by atoms with Crippen LogP contribution < -0.4 is 0 Å². The highest BCUT2D eigenvalue weighted by Gasteiger charge is 2.43. The third-order valence-corrected chi connectivity index (χ3v) is 5.68. The minimum absolute atomic E-state index is 0.162. The van der Waals surface area contributed by atoms with Gasteiger partial charge in [0.05, 0.1) is 36.3 Å². The van der Waals surface area contributed by atoms with Gasteiger partial charge in [-0.05, 0) is 39.5 Å². The van der Waals surface area contributed by atoms with Gasteiger partial charge in [0.2, 0.25) is 0 Å². The molecule has 7 nitrogen and oxygen atoms in total. The summed E-state index contributed by atoms with van der Waals surface area (Å²) in [5.41, 5.74) is -1.71. The van der Waals surface area contributed by atoms with Crippen LogP contribution in [0.2, 0.25) is 0 Å². The molecule has 0 aliphatic rings. The third-order valence-electron chi connectivity index (χ3n) is 4.44. The van der Waals surface area contributed by atoms with E-state index in [1.807, 2.05) is 20.8 Å². The number of thioether (sulfide) groups is 1. The van der Waals surface area contributed by atoms with E-state index in [0.717, 1.165) is 0 Å². The number of carbonyl (C=O) groups excluding carboxylic acids is 2. The van der Waals surface area contributed by atoms with Crippen LogP contribution in [0, 0.1) is 16.7 Å². The second kappa shape index (κ2) is 12.7. The molecular weight excluding hydrogens is 384 g/mol. The Morgan fingerprint density at radius 2 is 1.50 bits per heavy atom. The zero-order valence-corrected chi connectivity index (χ0v) is 18.9. The molecule has 0 fully saturated rings. The average molecular weight is 423 g/mol. The standard InChI is InChI=1S/C20H38O7S/c1-7-20(6,18(25)26-9-14(2)3)13-19(4,5)17(24)27-10-16(23)12-28-11-15(22)8-21/h14-16,21-23H,7-13H2,1-6H3. The molecule has 0 aromatic carbocycles. The van der Waals surface area contributed by atoms with E-state index >= 15 is 0 Å². The van der Waals surface area contributed by atoms with Gasteiger partial charge in [0.25, 0.3) is 0 Å². The van der Waals surface area contributed by atoms with Crippen LogP contribution in [0.15, 0.2) is 0 Å². The summed E-state index contributed by atoms with van der Waals surface area (Å²) < 4.78 is 10.6. The second-order valence-corrected chi connectivity index (χ2v) is 9.67. The summed E-state index contributed by atoms with van der Waals surface area (Å²) in [6.45, 7) is 10.9. The fraction of sp³-hybridized carbons (Fsp3) is 0.900. The normalized spacial score (nSPS) is 16.4. The molecule has 0 spiro atoms. The number of ether oxygens (including phenoxy) is 2. The maximum atomic E-state index is 12.5. The highest BCUT2D eigenvalue weighted by atomic mass is 32.2. The van der Waals surface area contributed by atoms with Gasteiger partial charge in [-0.2, -0.15) is 11.8 Å². The SMILES string of the molecule is CCC(C)(CC(C)(C)C(=O)OCC(O)CSCC(O)CO)C(=O)OCC(C)C. The predicted octanol–water partition coefficient (Wildman–Crippen LogP) is 2.01. The summed E-state index contributed by atoms with van der Waals surface area (Å²) in [7, 11) is 0. The van der Waals surface area contributed by atoms with Crippen LogP contribution in [-0.4, -0.2) is 70.8 Å². The number of hydrogen-bond acceptors (Lipinski definition) is 8. The molecule has 0 rings (SSSR count). The fourth-order valence-corrected chi connectivity index (χ4v) is 3.50. The van der Waals surface area contributed by atoms with Crippen molar-refractivity contribution in [2.75, 3.05) is 31.3 Å². The van der Waals surface area contributed by atoms with Gasteiger partial charge < -0.3 is 24.8 Å². The Morgan fingerprint density at radius 1 is 0.964 bits per heavy atom. The molecule has 166 valence electrons. The summed E-state index contributed by atoms with van der Waals surface area (Å²) in [5, 5.41) is 27.9. The summed E-state index contributed by atoms with van der Waals surface area (Å²) in [5.74, 6) is 0.00636. The molecule has 0 aromatic rings. The first kappa shape index (κ1) is 27.2. The molecule has 3 unspecified atom stereocenters. The van der Waals surface area contributed by atoms with E-state index in [-0.39, 0.29) is 37.3 Å². The molecule has 0 saturated carbocycles. The van der Waals surface area contributed by atoms with Crippen molar-refractivity contribution in [3.8, 4) is 0 Å². The largest absolute Gasteiger partial charge is 0.465 e. The van der Waals surface area contributed by atoms with E-state index in [1.165, 1.54) is 11.8 Å². The van der Waals surface area contributed by atoms with Crippen molar-refractivity contribution >= 4 is 23.7 Å². The Kier molecular flexibility index (Phi) is 12.3. The van der Waals surface area contributed by atoms with Crippen molar-refractivity contribution in [2.24, 2.45) is 16.7 Å². The zero-order valence-electron chi connectivity index (χ0n) is 18.1. The van der Waals surface area contributed by atoms with E-state index in [9.17, 15) is 19.8 Å². The smallest absolute Gasteiger partial charge is 0.311 e. The molecule has 0 heterocycles. The molecule has 0 aliphatic heterocycles. The molecule has 0 bridgehead atoms. The van der Waals surface area contributed by atoms with Crippen molar-refractivity contribution < 1.29 is 34.4 Å². The zero-order chi connectivity index (χ0) is 22.0. The maximum Gasteiger partial charge on any atom is 0.311 e. The lowest BCUT2D eigenvalue weighted by molar-refractivity contribution is -0.165. The van der Waals surface area contributed by atoms with Crippen molar-refractivity contribution in [2.45, 2.75) is 66.6 Å². The molecule has 0 aliphatic carbocycles. The molecular formula is C20H38O7S. The second-order valence-electron chi connectivity index (χ2n) is 8.59. The van der Waals surface area contributed by atoms with Crippen LogP contribution in [0.5, 0.6) is 0 Å². The van der Waals surface area contributed by atoms with Gasteiger partial charge >= 0.3 is 11.9 Å². The molecule has 8 heteroatoms. The van der Waals surface area contributed by atoms with Gasteiger partial charge in [-0.15, -0.1) is 0 Å². The Bertz CT molecular complexity index is 481. The predicted molar refractivity (Wildman–Crippen MR) is 110 cm³/mol. The highest BCUT2D eigenvalue weighted by Crippen LogP contribution is 2.38. The van der Waals surface area contributed by atoms with Gasteiger partial charge in [-0.25, -0.2) is 0 Å². The molecule has 0 amide bonds. The lowest BCUT2D eigenvalue weighted by atomic mass is 9.72. The minimum atomic E-state index is -0.915. The van der Waals surface area contributed by atoms with Crippen LogP contribution in [0.4, 0.5) is 0 Å². The number of aliphatic hydroxyl groups is 3. The first-order chi connectivity index (χ1) is 12.9. The van der Waals surface area contributed by atoms with E-state index in [1.54, 1.807) is 20.8 Å². The number of carbonyl (C=O) groups is 2. The maximum absolute atomic E-state index is 12.5. The van der Waals surface area contributed by atoms with Gasteiger partial charge in [0.1, 0.15) is 6.61 Å². The molecule has 3 N–H and O–H groups in total.